The van der Waals surface area contributed by atoms with Crippen molar-refractivity contribution in [3.05, 3.63) is 29.8 Å². The molecule has 0 aliphatic carbocycles. The highest BCUT2D eigenvalue weighted by Gasteiger charge is 2.30. The van der Waals surface area contributed by atoms with Gasteiger partial charge in [-0.25, -0.2) is 8.42 Å². The highest BCUT2D eigenvalue weighted by Crippen LogP contribution is 2.26. The van der Waals surface area contributed by atoms with Crippen molar-refractivity contribution in [1.82, 2.24) is 4.31 Å². The molecule has 0 bridgehead atoms. The van der Waals surface area contributed by atoms with Crippen LogP contribution < -0.4 is 0 Å². The number of rotatable bonds is 3. The summed E-state index contributed by atoms with van der Waals surface area (Å²) in [4.78, 5) is 0.134. The minimum atomic E-state index is -3.54. The molecule has 1 aliphatic rings. The largest absolute Gasteiger partial charge is 0.244 e. The van der Waals surface area contributed by atoms with Gasteiger partial charge in [-0.1, -0.05) is 25.5 Å². The van der Waals surface area contributed by atoms with Gasteiger partial charge >= 0.3 is 0 Å². The minimum Gasteiger partial charge on any atom is -0.207 e. The van der Waals surface area contributed by atoms with Gasteiger partial charge in [-0.15, -0.1) is 0 Å². The van der Waals surface area contributed by atoms with E-state index in [-0.39, 0.29) is 10.5 Å². The van der Waals surface area contributed by atoms with Crippen LogP contribution in [0.25, 0.3) is 0 Å². The fourth-order valence-electron chi connectivity index (χ4n) is 2.50. The molecule has 2 rings (SSSR count). The molecule has 4 nitrogen and oxygen atoms in total. The molecule has 0 radical (unpaired) electrons. The summed E-state index contributed by atoms with van der Waals surface area (Å²) in [5, 5.41) is 9.05. The van der Waals surface area contributed by atoms with Crippen LogP contribution in [0.4, 0.5) is 0 Å². The van der Waals surface area contributed by atoms with Gasteiger partial charge in [-0.3, -0.25) is 0 Å². The highest BCUT2D eigenvalue weighted by atomic mass is 32.2. The molecule has 1 aromatic carbocycles. The fourth-order valence-corrected chi connectivity index (χ4v) is 4.20. The second kappa shape index (κ2) is 5.72. The Balaban J connectivity index is 2.35. The number of piperidine rings is 1. The zero-order valence-electron chi connectivity index (χ0n) is 11.0. The van der Waals surface area contributed by atoms with E-state index in [0.717, 1.165) is 19.3 Å². The molecule has 5 heteroatoms. The minimum absolute atomic E-state index is 0.134. The Morgan fingerprint density at radius 1 is 1.42 bits per heavy atom. The number of sulfonamides is 1. The molecule has 0 aromatic heterocycles. The third-order valence-corrected chi connectivity index (χ3v) is 5.61. The maximum absolute atomic E-state index is 12.6. The molecule has 1 atom stereocenters. The van der Waals surface area contributed by atoms with E-state index in [9.17, 15) is 8.42 Å². The SMILES string of the molecule is CCC1CCCN(S(=O)(=O)c2ccccc2C#N)C1. The lowest BCUT2D eigenvalue weighted by Gasteiger charge is -2.31. The molecule has 0 spiro atoms. The lowest BCUT2D eigenvalue weighted by atomic mass is 9.97. The first-order chi connectivity index (χ1) is 9.09. The monoisotopic (exact) mass is 278 g/mol. The molecule has 0 amide bonds. The first-order valence-electron chi connectivity index (χ1n) is 6.59. The molecular weight excluding hydrogens is 260 g/mol. The maximum atomic E-state index is 12.6. The zero-order valence-corrected chi connectivity index (χ0v) is 11.9. The van der Waals surface area contributed by atoms with E-state index < -0.39 is 10.0 Å². The molecule has 1 aliphatic heterocycles. The number of benzene rings is 1. The molecule has 1 unspecified atom stereocenters. The van der Waals surface area contributed by atoms with Crippen molar-refractivity contribution in [1.29, 1.82) is 5.26 Å². The Morgan fingerprint density at radius 2 is 2.16 bits per heavy atom. The molecule has 1 saturated heterocycles. The molecule has 19 heavy (non-hydrogen) atoms. The third kappa shape index (κ3) is 2.80. The average molecular weight is 278 g/mol. The van der Waals surface area contributed by atoms with Crippen LogP contribution in [0.2, 0.25) is 0 Å². The second-order valence-corrected chi connectivity index (χ2v) is 6.79. The van der Waals surface area contributed by atoms with Gasteiger partial charge in [-0.05, 0) is 30.9 Å². The molecule has 1 aromatic rings. The number of hydrogen-bond donors (Lipinski definition) is 0. The lowest BCUT2D eigenvalue weighted by Crippen LogP contribution is -2.39. The maximum Gasteiger partial charge on any atom is 0.244 e. The first-order valence-corrected chi connectivity index (χ1v) is 8.03. The number of nitrogens with zero attached hydrogens (tertiary/aromatic N) is 2. The van der Waals surface area contributed by atoms with Crippen LogP contribution in [-0.2, 0) is 10.0 Å². The number of nitriles is 1. The van der Waals surface area contributed by atoms with Gasteiger partial charge in [0.25, 0.3) is 0 Å². The standard InChI is InChI=1S/C14H18N2O2S/c1-2-12-6-5-9-16(11-12)19(17,18)14-8-4-3-7-13(14)10-15/h3-4,7-8,12H,2,5-6,9,11H2,1H3. The van der Waals surface area contributed by atoms with Gasteiger partial charge in [-0.2, -0.15) is 9.57 Å². The van der Waals surface area contributed by atoms with E-state index in [1.807, 2.05) is 6.07 Å². The second-order valence-electron chi connectivity index (χ2n) is 4.89. The van der Waals surface area contributed by atoms with Gasteiger partial charge in [0.1, 0.15) is 6.07 Å². The average Bonchev–Trinajstić information content (AvgIpc) is 2.47. The molecule has 102 valence electrons. The van der Waals surface area contributed by atoms with E-state index in [4.69, 9.17) is 5.26 Å². The van der Waals surface area contributed by atoms with Crippen LogP contribution in [0.15, 0.2) is 29.2 Å². The summed E-state index contributed by atoms with van der Waals surface area (Å²) < 4.78 is 26.7. The van der Waals surface area contributed by atoms with E-state index in [0.29, 0.717) is 19.0 Å². The summed E-state index contributed by atoms with van der Waals surface area (Å²) in [6, 6.07) is 8.37. The smallest absolute Gasteiger partial charge is 0.207 e. The number of hydrogen-bond acceptors (Lipinski definition) is 3. The lowest BCUT2D eigenvalue weighted by molar-refractivity contribution is 0.261. The molecule has 0 saturated carbocycles. The Kier molecular flexibility index (Phi) is 4.23. The van der Waals surface area contributed by atoms with Crippen LogP contribution in [0.3, 0.4) is 0 Å². The molecular formula is C14H18N2O2S. The molecule has 0 N–H and O–H groups in total. The first kappa shape index (κ1) is 14.0. The molecule has 1 heterocycles. The van der Waals surface area contributed by atoms with Gasteiger partial charge in [0.15, 0.2) is 0 Å². The third-order valence-electron chi connectivity index (χ3n) is 3.68. The van der Waals surface area contributed by atoms with E-state index in [1.54, 1.807) is 18.2 Å². The van der Waals surface area contributed by atoms with Gasteiger partial charge < -0.3 is 0 Å². The molecule has 1 fully saturated rings. The van der Waals surface area contributed by atoms with Crippen LogP contribution >= 0.6 is 0 Å². The van der Waals surface area contributed by atoms with E-state index in [2.05, 4.69) is 6.92 Å². The summed E-state index contributed by atoms with van der Waals surface area (Å²) in [6.07, 6.45) is 2.97. The van der Waals surface area contributed by atoms with Crippen LogP contribution in [0.5, 0.6) is 0 Å². The summed E-state index contributed by atoms with van der Waals surface area (Å²) in [6.45, 7) is 3.21. The van der Waals surface area contributed by atoms with E-state index >= 15 is 0 Å². The van der Waals surface area contributed by atoms with Crippen molar-refractivity contribution in [2.45, 2.75) is 31.1 Å². The van der Waals surface area contributed by atoms with Crippen LogP contribution in [0, 0.1) is 17.2 Å². The highest BCUT2D eigenvalue weighted by molar-refractivity contribution is 7.89. The van der Waals surface area contributed by atoms with Crippen LogP contribution in [-0.4, -0.2) is 25.8 Å². The Morgan fingerprint density at radius 3 is 2.84 bits per heavy atom. The Bertz CT molecular complexity index is 590. The van der Waals surface area contributed by atoms with Crippen molar-refractivity contribution in [3.8, 4) is 6.07 Å². The fraction of sp³-hybridized carbons (Fsp3) is 0.500. The van der Waals surface area contributed by atoms with Gasteiger partial charge in [0.05, 0.1) is 10.5 Å². The van der Waals surface area contributed by atoms with Gasteiger partial charge in [0.2, 0.25) is 10.0 Å². The summed E-state index contributed by atoms with van der Waals surface area (Å²) >= 11 is 0. The predicted octanol–water partition coefficient (Wildman–Crippen LogP) is 2.37. The van der Waals surface area contributed by atoms with E-state index in [1.165, 1.54) is 10.4 Å². The summed E-state index contributed by atoms with van der Waals surface area (Å²) in [7, 11) is -3.54. The normalized spacial score (nSPS) is 20.9. The van der Waals surface area contributed by atoms with Crippen molar-refractivity contribution in [3.63, 3.8) is 0 Å². The van der Waals surface area contributed by atoms with Crippen molar-refractivity contribution < 1.29 is 8.42 Å². The topological polar surface area (TPSA) is 61.2 Å². The zero-order chi connectivity index (χ0) is 13.9. The Labute approximate surface area is 114 Å². The quantitative estimate of drug-likeness (QED) is 0.852. The van der Waals surface area contributed by atoms with Crippen molar-refractivity contribution in [2.24, 2.45) is 5.92 Å². The van der Waals surface area contributed by atoms with Crippen molar-refractivity contribution >= 4 is 10.0 Å². The Hall–Kier alpha value is -1.38. The van der Waals surface area contributed by atoms with Crippen LogP contribution in [0.1, 0.15) is 31.7 Å². The predicted molar refractivity (Wildman–Crippen MR) is 72.9 cm³/mol. The van der Waals surface area contributed by atoms with Crippen molar-refractivity contribution in [2.75, 3.05) is 13.1 Å². The summed E-state index contributed by atoms with van der Waals surface area (Å²) in [5.74, 6) is 0.428. The van der Waals surface area contributed by atoms with Gasteiger partial charge in [0, 0.05) is 13.1 Å². The summed E-state index contributed by atoms with van der Waals surface area (Å²) in [5.41, 5.74) is 0.223.